The summed E-state index contributed by atoms with van der Waals surface area (Å²) in [6.45, 7) is 0.467. The minimum absolute atomic E-state index is 0.0944. The van der Waals surface area contributed by atoms with Crippen molar-refractivity contribution >= 4 is 38.9 Å². The number of carbonyl (C=O) groups is 1. The van der Waals surface area contributed by atoms with E-state index in [9.17, 15) is 13.2 Å². The Morgan fingerprint density at radius 2 is 1.88 bits per heavy atom. The van der Waals surface area contributed by atoms with Crippen LogP contribution in [0.3, 0.4) is 0 Å². The van der Waals surface area contributed by atoms with Crippen LogP contribution >= 0.6 is 11.6 Å². The first-order valence-corrected chi connectivity index (χ1v) is 10.4. The van der Waals surface area contributed by atoms with E-state index in [4.69, 9.17) is 11.6 Å². The Hall–Kier alpha value is -2.09. The van der Waals surface area contributed by atoms with E-state index in [1.54, 1.807) is 24.3 Å². The number of hydrogen-bond acceptors (Lipinski definition) is 4. The molecule has 1 saturated heterocycles. The Kier molecular flexibility index (Phi) is 4.38. The van der Waals surface area contributed by atoms with Gasteiger partial charge in [0.15, 0.2) is 0 Å². The van der Waals surface area contributed by atoms with Gasteiger partial charge in [-0.1, -0.05) is 35.9 Å². The molecule has 0 aliphatic carbocycles. The molecule has 8 heteroatoms. The zero-order valence-corrected chi connectivity index (χ0v) is 15.4. The normalized spacial score (nSPS) is 21.9. The van der Waals surface area contributed by atoms with Crippen LogP contribution < -0.4 is 14.9 Å². The predicted octanol–water partition coefficient (Wildman–Crippen LogP) is 2.36. The van der Waals surface area contributed by atoms with Gasteiger partial charge in [0.1, 0.15) is 6.04 Å². The Balaban J connectivity index is 1.49. The topological polar surface area (TPSA) is 78.5 Å². The van der Waals surface area contributed by atoms with Crippen molar-refractivity contribution in [1.82, 2.24) is 4.72 Å². The van der Waals surface area contributed by atoms with Crippen LogP contribution in [0.2, 0.25) is 5.02 Å². The van der Waals surface area contributed by atoms with E-state index in [-0.39, 0.29) is 23.7 Å². The molecule has 0 radical (unpaired) electrons. The van der Waals surface area contributed by atoms with Crippen LogP contribution in [-0.4, -0.2) is 33.0 Å². The molecule has 4 rings (SSSR count). The molecule has 2 aromatic rings. The van der Waals surface area contributed by atoms with Gasteiger partial charge in [-0.15, -0.1) is 0 Å². The lowest BCUT2D eigenvalue weighted by atomic mass is 10.1. The summed E-state index contributed by atoms with van der Waals surface area (Å²) in [5.41, 5.74) is 2.36. The fourth-order valence-corrected chi connectivity index (χ4v) is 5.10. The van der Waals surface area contributed by atoms with Crippen molar-refractivity contribution in [3.63, 3.8) is 0 Å². The first-order valence-electron chi connectivity index (χ1n) is 8.32. The van der Waals surface area contributed by atoms with Crippen LogP contribution in [-0.2, 0) is 20.6 Å². The second-order valence-electron chi connectivity index (χ2n) is 6.61. The number of halogens is 1. The van der Waals surface area contributed by atoms with Gasteiger partial charge in [-0.3, -0.25) is 4.79 Å². The summed E-state index contributed by atoms with van der Waals surface area (Å²) in [4.78, 5) is 14.3. The fraction of sp³-hybridized carbons (Fsp3) is 0.278. The number of nitrogens with one attached hydrogen (secondary N) is 2. The van der Waals surface area contributed by atoms with E-state index in [0.29, 0.717) is 23.6 Å². The first-order chi connectivity index (χ1) is 12.4. The predicted molar refractivity (Wildman–Crippen MR) is 102 cm³/mol. The molecule has 0 spiro atoms. The van der Waals surface area contributed by atoms with Gasteiger partial charge in [-0.25, -0.2) is 13.1 Å². The summed E-state index contributed by atoms with van der Waals surface area (Å²) >= 11 is 5.84. The lowest BCUT2D eigenvalue weighted by Crippen LogP contribution is -2.44. The Morgan fingerprint density at radius 3 is 2.65 bits per heavy atom. The van der Waals surface area contributed by atoms with Crippen molar-refractivity contribution in [2.75, 3.05) is 16.8 Å². The molecule has 2 heterocycles. The molecule has 1 amide bonds. The number of sulfonamides is 1. The molecule has 26 heavy (non-hydrogen) atoms. The number of rotatable bonds is 4. The van der Waals surface area contributed by atoms with Crippen molar-refractivity contribution in [3.8, 4) is 0 Å². The Labute approximate surface area is 157 Å². The van der Waals surface area contributed by atoms with Crippen LogP contribution in [0, 0.1) is 0 Å². The SMILES string of the molecule is O=C1Nc2ccccc2N2CC(NS(=O)(=O)Cc3ccc(Cl)cc3)CC12. The second-order valence-corrected chi connectivity index (χ2v) is 8.80. The number of hydrogen-bond donors (Lipinski definition) is 2. The standard InChI is InChI=1S/C18H18ClN3O3S/c19-13-7-5-12(6-8-13)11-26(24,25)21-14-9-17-18(23)20-15-3-1-2-4-16(15)22(17)10-14/h1-8,14,17,21H,9-11H2,(H,20,23). The van der Waals surface area contributed by atoms with Crippen molar-refractivity contribution in [3.05, 3.63) is 59.1 Å². The lowest BCUT2D eigenvalue weighted by molar-refractivity contribution is -0.117. The van der Waals surface area contributed by atoms with Crippen LogP contribution in [0.5, 0.6) is 0 Å². The molecule has 2 aliphatic rings. The molecule has 0 aromatic heterocycles. The zero-order valence-electron chi connectivity index (χ0n) is 13.9. The monoisotopic (exact) mass is 391 g/mol. The average Bonchev–Trinajstić information content (AvgIpc) is 3.00. The summed E-state index contributed by atoms with van der Waals surface area (Å²) in [6.07, 6.45) is 0.444. The van der Waals surface area contributed by atoms with E-state index in [1.165, 1.54) is 0 Å². The van der Waals surface area contributed by atoms with E-state index < -0.39 is 10.0 Å². The van der Waals surface area contributed by atoms with Crippen LogP contribution in [0.1, 0.15) is 12.0 Å². The molecule has 2 N–H and O–H groups in total. The lowest BCUT2D eigenvalue weighted by Gasteiger charge is -2.32. The molecule has 2 aliphatic heterocycles. The summed E-state index contributed by atoms with van der Waals surface area (Å²) in [6, 6.07) is 13.6. The number of nitrogens with zero attached hydrogens (tertiary/aromatic N) is 1. The number of carbonyl (C=O) groups excluding carboxylic acids is 1. The van der Waals surface area contributed by atoms with E-state index in [0.717, 1.165) is 11.4 Å². The fourth-order valence-electron chi connectivity index (χ4n) is 3.58. The smallest absolute Gasteiger partial charge is 0.247 e. The van der Waals surface area contributed by atoms with Crippen molar-refractivity contribution in [2.45, 2.75) is 24.3 Å². The number of benzene rings is 2. The number of amides is 1. The molecule has 2 unspecified atom stereocenters. The third kappa shape index (κ3) is 3.42. The van der Waals surface area contributed by atoms with Crippen molar-refractivity contribution in [1.29, 1.82) is 0 Å². The second kappa shape index (κ2) is 6.57. The molecular weight excluding hydrogens is 374 g/mol. The summed E-state index contributed by atoms with van der Waals surface area (Å²) in [5, 5.41) is 3.46. The van der Waals surface area contributed by atoms with Gasteiger partial charge in [0.25, 0.3) is 0 Å². The van der Waals surface area contributed by atoms with Crippen LogP contribution in [0.4, 0.5) is 11.4 Å². The summed E-state index contributed by atoms with van der Waals surface area (Å²) in [7, 11) is -3.52. The number of fused-ring (bicyclic) bond motifs is 3. The quantitative estimate of drug-likeness (QED) is 0.838. The minimum atomic E-state index is -3.52. The highest BCUT2D eigenvalue weighted by molar-refractivity contribution is 7.88. The third-order valence-corrected chi connectivity index (χ3v) is 6.35. The van der Waals surface area contributed by atoms with Crippen LogP contribution in [0.15, 0.2) is 48.5 Å². The van der Waals surface area contributed by atoms with Gasteiger partial charge in [0.05, 0.1) is 17.1 Å². The van der Waals surface area contributed by atoms with E-state index in [2.05, 4.69) is 10.0 Å². The first kappa shape index (κ1) is 17.3. The average molecular weight is 392 g/mol. The summed E-state index contributed by atoms with van der Waals surface area (Å²) < 4.78 is 27.8. The van der Waals surface area contributed by atoms with Crippen LogP contribution in [0.25, 0.3) is 0 Å². The molecule has 0 saturated carbocycles. The van der Waals surface area contributed by atoms with E-state index >= 15 is 0 Å². The molecule has 2 atom stereocenters. The highest BCUT2D eigenvalue weighted by atomic mass is 35.5. The number of anilines is 2. The molecular formula is C18H18ClN3O3S. The van der Waals surface area contributed by atoms with Gasteiger partial charge in [0.2, 0.25) is 15.9 Å². The molecule has 136 valence electrons. The largest absolute Gasteiger partial charge is 0.356 e. The zero-order chi connectivity index (χ0) is 18.3. The highest BCUT2D eigenvalue weighted by Gasteiger charge is 2.41. The highest BCUT2D eigenvalue weighted by Crippen LogP contribution is 2.36. The minimum Gasteiger partial charge on any atom is -0.356 e. The third-order valence-electron chi connectivity index (χ3n) is 4.69. The maximum absolute atomic E-state index is 12.5. The van der Waals surface area contributed by atoms with Gasteiger partial charge in [-0.2, -0.15) is 0 Å². The maximum atomic E-state index is 12.5. The van der Waals surface area contributed by atoms with E-state index in [1.807, 2.05) is 29.2 Å². The van der Waals surface area contributed by atoms with Gasteiger partial charge < -0.3 is 10.2 Å². The van der Waals surface area contributed by atoms with Gasteiger partial charge in [-0.05, 0) is 36.2 Å². The van der Waals surface area contributed by atoms with Crippen molar-refractivity contribution < 1.29 is 13.2 Å². The Morgan fingerprint density at radius 1 is 1.15 bits per heavy atom. The molecule has 6 nitrogen and oxygen atoms in total. The van der Waals surface area contributed by atoms with Gasteiger partial charge in [0, 0.05) is 17.6 Å². The molecule has 2 aromatic carbocycles. The Bertz CT molecular complexity index is 946. The maximum Gasteiger partial charge on any atom is 0.247 e. The number of para-hydroxylation sites is 2. The van der Waals surface area contributed by atoms with Crippen molar-refractivity contribution in [2.24, 2.45) is 0 Å². The molecule has 1 fully saturated rings. The summed E-state index contributed by atoms with van der Waals surface area (Å²) in [5.74, 6) is -0.211. The van der Waals surface area contributed by atoms with Gasteiger partial charge >= 0.3 is 0 Å². The molecule has 0 bridgehead atoms.